The maximum atomic E-state index is 4.46. The molecule has 0 saturated heterocycles. The molecule has 0 radical (unpaired) electrons. The van der Waals surface area contributed by atoms with Gasteiger partial charge < -0.3 is 5.32 Å². The van der Waals surface area contributed by atoms with Crippen LogP contribution in [0.2, 0.25) is 0 Å². The van der Waals surface area contributed by atoms with Gasteiger partial charge in [0.1, 0.15) is 0 Å². The first kappa shape index (κ1) is 14.4. The molecule has 1 rings (SSSR count). The normalized spacial score (nSPS) is 11.4. The van der Waals surface area contributed by atoms with Crippen LogP contribution >= 0.6 is 0 Å². The summed E-state index contributed by atoms with van der Waals surface area (Å²) in [6.45, 7) is 13.1. The summed E-state index contributed by atoms with van der Waals surface area (Å²) >= 11 is 0. The van der Waals surface area contributed by atoms with Crippen molar-refractivity contribution in [3.8, 4) is 0 Å². The molecule has 0 fully saturated rings. The zero-order valence-electron chi connectivity index (χ0n) is 11.9. The van der Waals surface area contributed by atoms with E-state index in [0.29, 0.717) is 5.95 Å². The number of anilines is 1. The Morgan fingerprint density at radius 3 is 2.72 bits per heavy atom. The molecule has 0 bridgehead atoms. The molecule has 0 aliphatic rings. The predicted octanol–water partition coefficient (Wildman–Crippen LogP) is 3.98. The number of aromatic nitrogens is 2. The molecule has 18 heavy (non-hydrogen) atoms. The summed E-state index contributed by atoms with van der Waals surface area (Å²) in [6, 6.07) is 0. The third kappa shape index (κ3) is 4.32. The summed E-state index contributed by atoms with van der Waals surface area (Å²) in [5, 5.41) is 3.23. The summed E-state index contributed by atoms with van der Waals surface area (Å²) in [4.78, 5) is 8.79. The Kier molecular flexibility index (Phi) is 5.56. The quantitative estimate of drug-likeness (QED) is 0.608. The molecular weight excluding hydrogens is 222 g/mol. The number of nitrogens with zero attached hydrogens (tertiary/aromatic N) is 2. The first-order valence-corrected chi connectivity index (χ1v) is 6.46. The molecule has 0 amide bonds. The van der Waals surface area contributed by atoms with E-state index >= 15 is 0 Å². The van der Waals surface area contributed by atoms with Crippen molar-refractivity contribution in [1.82, 2.24) is 9.97 Å². The van der Waals surface area contributed by atoms with Crippen molar-refractivity contribution in [3.63, 3.8) is 0 Å². The minimum absolute atomic E-state index is 0.714. The SMILES string of the molecule is C=C(C)/C(C)=C\c1cnc(NCCCC)nc1C. The van der Waals surface area contributed by atoms with Crippen LogP contribution in [0.1, 0.15) is 44.9 Å². The van der Waals surface area contributed by atoms with Gasteiger partial charge in [0.2, 0.25) is 5.95 Å². The highest BCUT2D eigenvalue weighted by Gasteiger charge is 2.01. The number of aryl methyl sites for hydroxylation is 1. The van der Waals surface area contributed by atoms with Gasteiger partial charge in [0.15, 0.2) is 0 Å². The third-order valence-corrected chi connectivity index (χ3v) is 2.88. The summed E-state index contributed by atoms with van der Waals surface area (Å²) in [6.07, 6.45) is 6.25. The molecular formula is C15H23N3. The zero-order valence-corrected chi connectivity index (χ0v) is 11.9. The fourth-order valence-electron chi connectivity index (χ4n) is 1.44. The Labute approximate surface area is 110 Å². The Bertz CT molecular complexity index is 447. The molecule has 1 aromatic heterocycles. The molecule has 98 valence electrons. The molecule has 1 aromatic rings. The van der Waals surface area contributed by atoms with E-state index in [1.807, 2.05) is 20.0 Å². The molecule has 0 aliphatic heterocycles. The van der Waals surface area contributed by atoms with E-state index in [4.69, 9.17) is 0 Å². The molecule has 3 heteroatoms. The van der Waals surface area contributed by atoms with Crippen LogP contribution in [-0.4, -0.2) is 16.5 Å². The summed E-state index contributed by atoms with van der Waals surface area (Å²) in [7, 11) is 0. The maximum Gasteiger partial charge on any atom is 0.222 e. The van der Waals surface area contributed by atoms with Crippen LogP contribution in [0.3, 0.4) is 0 Å². The largest absolute Gasteiger partial charge is 0.354 e. The average Bonchev–Trinajstić information content (AvgIpc) is 2.32. The number of unbranched alkanes of at least 4 members (excludes halogenated alkanes) is 1. The van der Waals surface area contributed by atoms with Crippen LogP contribution in [0.4, 0.5) is 5.95 Å². The van der Waals surface area contributed by atoms with Crippen molar-refractivity contribution >= 4 is 12.0 Å². The molecule has 0 aromatic carbocycles. The second-order valence-corrected chi connectivity index (χ2v) is 4.62. The van der Waals surface area contributed by atoms with Crippen molar-refractivity contribution in [1.29, 1.82) is 0 Å². The number of hydrogen-bond acceptors (Lipinski definition) is 3. The van der Waals surface area contributed by atoms with Crippen molar-refractivity contribution in [2.75, 3.05) is 11.9 Å². The lowest BCUT2D eigenvalue weighted by atomic mass is 10.1. The molecule has 0 spiro atoms. The number of nitrogens with one attached hydrogen (secondary N) is 1. The van der Waals surface area contributed by atoms with Crippen LogP contribution in [-0.2, 0) is 0 Å². The summed E-state index contributed by atoms with van der Waals surface area (Å²) in [5.41, 5.74) is 4.27. The molecule has 0 saturated carbocycles. The van der Waals surface area contributed by atoms with Gasteiger partial charge in [0.05, 0.1) is 5.69 Å². The van der Waals surface area contributed by atoms with Gasteiger partial charge in [-0.25, -0.2) is 9.97 Å². The Morgan fingerprint density at radius 2 is 2.17 bits per heavy atom. The smallest absolute Gasteiger partial charge is 0.222 e. The van der Waals surface area contributed by atoms with Gasteiger partial charge in [-0.05, 0) is 38.8 Å². The van der Waals surface area contributed by atoms with E-state index in [9.17, 15) is 0 Å². The third-order valence-electron chi connectivity index (χ3n) is 2.88. The second kappa shape index (κ2) is 6.94. The minimum atomic E-state index is 0.714. The monoisotopic (exact) mass is 245 g/mol. The van der Waals surface area contributed by atoms with Crippen LogP contribution in [0.15, 0.2) is 23.9 Å². The highest BCUT2D eigenvalue weighted by molar-refractivity contribution is 5.58. The van der Waals surface area contributed by atoms with Gasteiger partial charge in [-0.1, -0.05) is 25.5 Å². The van der Waals surface area contributed by atoms with Gasteiger partial charge in [0.25, 0.3) is 0 Å². The zero-order chi connectivity index (χ0) is 13.5. The topological polar surface area (TPSA) is 37.8 Å². The van der Waals surface area contributed by atoms with E-state index in [1.165, 1.54) is 6.42 Å². The number of hydrogen-bond donors (Lipinski definition) is 1. The van der Waals surface area contributed by atoms with E-state index in [2.05, 4.69) is 41.8 Å². The lowest BCUT2D eigenvalue weighted by Crippen LogP contribution is -2.06. The molecule has 0 aliphatic carbocycles. The molecule has 1 N–H and O–H groups in total. The fraction of sp³-hybridized carbons (Fsp3) is 0.467. The average molecular weight is 245 g/mol. The van der Waals surface area contributed by atoms with Gasteiger partial charge in [-0.15, -0.1) is 0 Å². The molecule has 3 nitrogen and oxygen atoms in total. The molecule has 0 unspecified atom stereocenters. The van der Waals surface area contributed by atoms with Crippen LogP contribution in [0, 0.1) is 6.92 Å². The van der Waals surface area contributed by atoms with Gasteiger partial charge in [0, 0.05) is 18.3 Å². The number of allylic oxidation sites excluding steroid dienone is 2. The lowest BCUT2D eigenvalue weighted by molar-refractivity contribution is 0.825. The Morgan fingerprint density at radius 1 is 1.44 bits per heavy atom. The van der Waals surface area contributed by atoms with Crippen LogP contribution < -0.4 is 5.32 Å². The molecule has 0 atom stereocenters. The Balaban J connectivity index is 2.80. The van der Waals surface area contributed by atoms with E-state index in [1.54, 1.807) is 0 Å². The van der Waals surface area contributed by atoms with E-state index < -0.39 is 0 Å². The highest BCUT2D eigenvalue weighted by atomic mass is 15.1. The first-order chi connectivity index (χ1) is 8.54. The van der Waals surface area contributed by atoms with Crippen molar-refractivity contribution in [2.24, 2.45) is 0 Å². The minimum Gasteiger partial charge on any atom is -0.354 e. The highest BCUT2D eigenvalue weighted by Crippen LogP contribution is 2.15. The standard InChI is InChI=1S/C15H23N3/c1-6-7-8-16-15-17-10-14(13(5)18-15)9-12(4)11(2)3/h9-10H,2,6-8H2,1,3-5H3,(H,16,17,18)/b12-9-. The fourth-order valence-corrected chi connectivity index (χ4v) is 1.44. The Hall–Kier alpha value is -1.64. The number of rotatable bonds is 6. The van der Waals surface area contributed by atoms with E-state index in [0.717, 1.165) is 35.4 Å². The van der Waals surface area contributed by atoms with Crippen molar-refractivity contribution in [2.45, 2.75) is 40.5 Å². The van der Waals surface area contributed by atoms with Crippen LogP contribution in [0.5, 0.6) is 0 Å². The second-order valence-electron chi connectivity index (χ2n) is 4.62. The van der Waals surface area contributed by atoms with Gasteiger partial charge in [-0.3, -0.25) is 0 Å². The van der Waals surface area contributed by atoms with Gasteiger partial charge >= 0.3 is 0 Å². The summed E-state index contributed by atoms with van der Waals surface area (Å²) < 4.78 is 0. The predicted molar refractivity (Wildman–Crippen MR) is 78.6 cm³/mol. The van der Waals surface area contributed by atoms with Crippen molar-refractivity contribution in [3.05, 3.63) is 35.2 Å². The first-order valence-electron chi connectivity index (χ1n) is 6.46. The van der Waals surface area contributed by atoms with E-state index in [-0.39, 0.29) is 0 Å². The molecule has 1 heterocycles. The summed E-state index contributed by atoms with van der Waals surface area (Å²) in [5.74, 6) is 0.714. The van der Waals surface area contributed by atoms with Crippen molar-refractivity contribution < 1.29 is 0 Å². The maximum absolute atomic E-state index is 4.46. The lowest BCUT2D eigenvalue weighted by Gasteiger charge is -2.07. The van der Waals surface area contributed by atoms with Crippen LogP contribution in [0.25, 0.3) is 6.08 Å². The van der Waals surface area contributed by atoms with Gasteiger partial charge in [-0.2, -0.15) is 0 Å².